The van der Waals surface area contributed by atoms with Crippen LogP contribution in [0.4, 0.5) is 15.8 Å². The summed E-state index contributed by atoms with van der Waals surface area (Å²) >= 11 is 5.83. The van der Waals surface area contributed by atoms with Gasteiger partial charge in [-0.05, 0) is 29.8 Å². The van der Waals surface area contributed by atoms with Gasteiger partial charge in [0.1, 0.15) is 5.82 Å². The van der Waals surface area contributed by atoms with Crippen LogP contribution in [-0.2, 0) is 11.2 Å². The molecule has 0 atom stereocenters. The fourth-order valence-corrected chi connectivity index (χ4v) is 1.90. The third-order valence-electron chi connectivity index (χ3n) is 2.54. The lowest BCUT2D eigenvalue weighted by atomic mass is 10.1. The summed E-state index contributed by atoms with van der Waals surface area (Å²) in [5.41, 5.74) is 6.95. The van der Waals surface area contributed by atoms with Gasteiger partial charge < -0.3 is 11.1 Å². The zero-order chi connectivity index (χ0) is 13.8. The average molecular weight is 279 g/mol. The molecule has 0 aliphatic carbocycles. The fraction of sp³-hybridized carbons (Fsp3) is 0.0714. The molecule has 98 valence electrons. The number of nitrogen functional groups attached to an aromatic ring is 1. The number of hydrogen-bond acceptors (Lipinski definition) is 2. The highest BCUT2D eigenvalue weighted by atomic mass is 35.5. The van der Waals surface area contributed by atoms with Crippen molar-refractivity contribution < 1.29 is 9.18 Å². The number of carbonyl (C=O) groups excluding carboxylic acids is 1. The number of hydrogen-bond donors (Lipinski definition) is 2. The van der Waals surface area contributed by atoms with E-state index in [1.54, 1.807) is 24.3 Å². The van der Waals surface area contributed by atoms with E-state index in [2.05, 4.69) is 5.32 Å². The summed E-state index contributed by atoms with van der Waals surface area (Å²) in [5.74, 6) is -0.911. The molecule has 0 heterocycles. The Bertz CT molecular complexity index is 596. The van der Waals surface area contributed by atoms with Gasteiger partial charge in [0, 0.05) is 5.69 Å². The average Bonchev–Trinajstić information content (AvgIpc) is 2.34. The number of para-hydroxylation sites is 1. The lowest BCUT2D eigenvalue weighted by Crippen LogP contribution is -2.15. The molecule has 3 nitrogen and oxygen atoms in total. The molecule has 0 radical (unpaired) electrons. The van der Waals surface area contributed by atoms with Gasteiger partial charge in [0.2, 0.25) is 5.91 Å². The maximum Gasteiger partial charge on any atom is 0.228 e. The monoisotopic (exact) mass is 278 g/mol. The Balaban J connectivity index is 2.10. The maximum absolute atomic E-state index is 13.5. The van der Waals surface area contributed by atoms with Gasteiger partial charge in [0.05, 0.1) is 17.1 Å². The SMILES string of the molecule is Nc1cccc(CC(=O)Nc2c(F)cccc2Cl)c1. The Morgan fingerprint density at radius 2 is 2.00 bits per heavy atom. The molecule has 0 fully saturated rings. The first-order valence-electron chi connectivity index (χ1n) is 5.64. The first kappa shape index (κ1) is 13.4. The van der Waals surface area contributed by atoms with E-state index in [1.165, 1.54) is 18.2 Å². The van der Waals surface area contributed by atoms with Crippen LogP contribution in [0.1, 0.15) is 5.56 Å². The number of rotatable bonds is 3. The smallest absolute Gasteiger partial charge is 0.228 e. The largest absolute Gasteiger partial charge is 0.399 e. The van der Waals surface area contributed by atoms with Crippen molar-refractivity contribution in [3.8, 4) is 0 Å². The molecular weight excluding hydrogens is 267 g/mol. The fourth-order valence-electron chi connectivity index (χ4n) is 1.69. The van der Waals surface area contributed by atoms with Gasteiger partial charge in [0.25, 0.3) is 0 Å². The van der Waals surface area contributed by atoms with E-state index in [4.69, 9.17) is 17.3 Å². The molecule has 2 aromatic carbocycles. The van der Waals surface area contributed by atoms with E-state index < -0.39 is 5.82 Å². The van der Waals surface area contributed by atoms with Gasteiger partial charge in [-0.3, -0.25) is 4.79 Å². The Morgan fingerprint density at radius 1 is 1.26 bits per heavy atom. The molecule has 0 aromatic heterocycles. The lowest BCUT2D eigenvalue weighted by Gasteiger charge is -2.08. The summed E-state index contributed by atoms with van der Waals surface area (Å²) in [4.78, 5) is 11.8. The van der Waals surface area contributed by atoms with Gasteiger partial charge >= 0.3 is 0 Å². The molecule has 0 unspecified atom stereocenters. The molecule has 2 rings (SSSR count). The predicted octanol–water partition coefficient (Wildman–Crippen LogP) is 3.24. The first-order valence-corrected chi connectivity index (χ1v) is 6.02. The van der Waals surface area contributed by atoms with E-state index in [1.807, 2.05) is 0 Å². The van der Waals surface area contributed by atoms with E-state index in [0.29, 0.717) is 5.69 Å². The van der Waals surface area contributed by atoms with Crippen LogP contribution in [0.15, 0.2) is 42.5 Å². The van der Waals surface area contributed by atoms with Crippen molar-refractivity contribution in [2.24, 2.45) is 0 Å². The number of carbonyl (C=O) groups is 1. The third kappa shape index (κ3) is 3.45. The van der Waals surface area contributed by atoms with E-state index >= 15 is 0 Å². The quantitative estimate of drug-likeness (QED) is 0.847. The molecule has 1 amide bonds. The lowest BCUT2D eigenvalue weighted by molar-refractivity contribution is -0.115. The number of nitrogens with two attached hydrogens (primary N) is 1. The van der Waals surface area contributed by atoms with E-state index in [0.717, 1.165) is 5.56 Å². The van der Waals surface area contributed by atoms with Crippen LogP contribution >= 0.6 is 11.6 Å². The second kappa shape index (κ2) is 5.71. The molecule has 5 heteroatoms. The number of benzene rings is 2. The molecule has 0 bridgehead atoms. The summed E-state index contributed by atoms with van der Waals surface area (Å²) in [7, 11) is 0. The normalized spacial score (nSPS) is 10.2. The summed E-state index contributed by atoms with van der Waals surface area (Å²) < 4.78 is 13.5. The number of amides is 1. The Labute approximate surface area is 115 Å². The second-order valence-electron chi connectivity index (χ2n) is 4.07. The van der Waals surface area contributed by atoms with Crippen LogP contribution in [-0.4, -0.2) is 5.91 Å². The number of halogens is 2. The minimum Gasteiger partial charge on any atom is -0.399 e. The van der Waals surface area contributed by atoms with Gasteiger partial charge in [0.15, 0.2) is 0 Å². The molecule has 0 saturated carbocycles. The highest BCUT2D eigenvalue weighted by Crippen LogP contribution is 2.24. The Kier molecular flexibility index (Phi) is 4.02. The number of anilines is 2. The van der Waals surface area contributed by atoms with Crippen LogP contribution in [0, 0.1) is 5.82 Å². The van der Waals surface area contributed by atoms with Crippen molar-refractivity contribution in [2.45, 2.75) is 6.42 Å². The third-order valence-corrected chi connectivity index (χ3v) is 2.86. The van der Waals surface area contributed by atoms with Crippen LogP contribution in [0.2, 0.25) is 5.02 Å². The van der Waals surface area contributed by atoms with Crippen molar-refractivity contribution in [1.29, 1.82) is 0 Å². The highest BCUT2D eigenvalue weighted by Gasteiger charge is 2.11. The van der Waals surface area contributed by atoms with Crippen LogP contribution < -0.4 is 11.1 Å². The van der Waals surface area contributed by atoms with Crippen molar-refractivity contribution in [2.75, 3.05) is 11.1 Å². The van der Waals surface area contributed by atoms with Gasteiger partial charge in [-0.1, -0.05) is 29.8 Å². The zero-order valence-corrected chi connectivity index (χ0v) is 10.7. The topological polar surface area (TPSA) is 55.1 Å². The summed E-state index contributed by atoms with van der Waals surface area (Å²) in [5, 5.41) is 2.63. The van der Waals surface area contributed by atoms with Gasteiger partial charge in [-0.2, -0.15) is 0 Å². The number of nitrogens with one attached hydrogen (secondary N) is 1. The zero-order valence-electron chi connectivity index (χ0n) is 9.99. The van der Waals surface area contributed by atoms with Crippen LogP contribution in [0.5, 0.6) is 0 Å². The highest BCUT2D eigenvalue weighted by molar-refractivity contribution is 6.33. The van der Waals surface area contributed by atoms with Crippen molar-refractivity contribution in [3.05, 3.63) is 58.9 Å². The molecule has 19 heavy (non-hydrogen) atoms. The van der Waals surface area contributed by atoms with Crippen molar-refractivity contribution in [3.63, 3.8) is 0 Å². The van der Waals surface area contributed by atoms with Gasteiger partial charge in [-0.25, -0.2) is 4.39 Å². The second-order valence-corrected chi connectivity index (χ2v) is 4.47. The van der Waals surface area contributed by atoms with Crippen LogP contribution in [0.3, 0.4) is 0 Å². The Morgan fingerprint density at radius 3 is 2.68 bits per heavy atom. The van der Waals surface area contributed by atoms with E-state index in [-0.39, 0.29) is 23.0 Å². The molecule has 0 aliphatic rings. The first-order chi connectivity index (χ1) is 9.06. The van der Waals surface area contributed by atoms with Gasteiger partial charge in [-0.15, -0.1) is 0 Å². The van der Waals surface area contributed by atoms with Crippen LogP contribution in [0.25, 0.3) is 0 Å². The van der Waals surface area contributed by atoms with E-state index in [9.17, 15) is 9.18 Å². The molecule has 0 spiro atoms. The molecule has 3 N–H and O–H groups in total. The van der Waals surface area contributed by atoms with Crippen molar-refractivity contribution >= 4 is 28.9 Å². The van der Waals surface area contributed by atoms with Crippen molar-refractivity contribution in [1.82, 2.24) is 0 Å². The minimum absolute atomic E-state index is 0.00179. The minimum atomic E-state index is -0.562. The standard InChI is InChI=1S/C14H12ClFN2O/c15-11-5-2-6-12(16)14(11)18-13(19)8-9-3-1-4-10(17)7-9/h1-7H,8,17H2,(H,18,19). The molecule has 0 saturated heterocycles. The molecular formula is C14H12ClFN2O. The summed E-state index contributed by atoms with van der Waals surface area (Å²) in [6.07, 6.45) is 0.107. The summed E-state index contributed by atoms with van der Waals surface area (Å²) in [6.45, 7) is 0. The maximum atomic E-state index is 13.5. The summed E-state index contributed by atoms with van der Waals surface area (Å²) in [6, 6.07) is 11.2. The molecule has 2 aromatic rings. The molecule has 0 aliphatic heterocycles. The Hall–Kier alpha value is -2.07. The predicted molar refractivity (Wildman–Crippen MR) is 74.6 cm³/mol.